The van der Waals surface area contributed by atoms with Gasteiger partial charge in [0.15, 0.2) is 5.13 Å². The van der Waals surface area contributed by atoms with Crippen molar-refractivity contribution in [2.75, 3.05) is 6.54 Å². The molecule has 0 aliphatic heterocycles. The van der Waals surface area contributed by atoms with Crippen LogP contribution in [0.25, 0.3) is 10.9 Å². The molecule has 4 heterocycles. The minimum Gasteiger partial charge on any atom is -0.351 e. The van der Waals surface area contributed by atoms with Crippen LogP contribution in [0.5, 0.6) is 0 Å². The molecule has 0 radical (unpaired) electrons. The van der Waals surface area contributed by atoms with E-state index in [0.29, 0.717) is 17.2 Å². The number of amides is 1. The highest BCUT2D eigenvalue weighted by Gasteiger charge is 2.15. The summed E-state index contributed by atoms with van der Waals surface area (Å²) in [6.45, 7) is 2.45. The molecule has 0 unspecified atom stereocenters. The number of aromatic nitrogens is 6. The number of hydrogen-bond donors (Lipinski definition) is 1. The van der Waals surface area contributed by atoms with Gasteiger partial charge >= 0.3 is 0 Å². The quantitative estimate of drug-likeness (QED) is 0.527. The number of hydrogen-bond acceptors (Lipinski definition) is 6. The van der Waals surface area contributed by atoms with Crippen LogP contribution in [0.15, 0.2) is 43.2 Å². The van der Waals surface area contributed by atoms with Crippen molar-refractivity contribution in [3.8, 4) is 5.13 Å². The predicted octanol–water partition coefficient (Wildman–Crippen LogP) is 2.04. The van der Waals surface area contributed by atoms with Crippen molar-refractivity contribution in [3.63, 3.8) is 0 Å². The predicted molar refractivity (Wildman–Crippen MR) is 97.6 cm³/mol. The summed E-state index contributed by atoms with van der Waals surface area (Å²) >= 11 is 1.39. The molecule has 0 saturated carbocycles. The number of aryl methyl sites for hydroxylation is 2. The van der Waals surface area contributed by atoms with Gasteiger partial charge in [0, 0.05) is 31.3 Å². The van der Waals surface area contributed by atoms with Crippen molar-refractivity contribution < 1.29 is 4.79 Å². The van der Waals surface area contributed by atoms with Crippen molar-refractivity contribution in [1.29, 1.82) is 0 Å². The average Bonchev–Trinajstić information content (AvgIpc) is 3.37. The van der Waals surface area contributed by atoms with Crippen LogP contribution in [0.3, 0.4) is 0 Å². The molecular formula is C17H17N7OS. The summed E-state index contributed by atoms with van der Waals surface area (Å²) in [5, 5.41) is 7.84. The zero-order valence-electron chi connectivity index (χ0n) is 14.2. The molecule has 26 heavy (non-hydrogen) atoms. The van der Waals surface area contributed by atoms with E-state index in [0.717, 1.165) is 29.2 Å². The first-order valence-corrected chi connectivity index (χ1v) is 9.05. The second-order valence-electron chi connectivity index (χ2n) is 5.83. The molecule has 0 atom stereocenters. The molecular weight excluding hydrogens is 350 g/mol. The first kappa shape index (κ1) is 16.4. The SMILES string of the molecule is Cc1nc(-n2cccc2)sc1C(=O)NCCCc1cnc2ncnn2c1. The highest BCUT2D eigenvalue weighted by molar-refractivity contribution is 7.16. The lowest BCUT2D eigenvalue weighted by Crippen LogP contribution is -2.24. The van der Waals surface area contributed by atoms with Crippen molar-refractivity contribution in [3.05, 3.63) is 59.4 Å². The Morgan fingerprint density at radius 3 is 2.96 bits per heavy atom. The van der Waals surface area contributed by atoms with Crippen LogP contribution < -0.4 is 5.32 Å². The van der Waals surface area contributed by atoms with Crippen molar-refractivity contribution in [1.82, 2.24) is 34.4 Å². The largest absolute Gasteiger partial charge is 0.351 e. The highest BCUT2D eigenvalue weighted by Crippen LogP contribution is 2.21. The number of carbonyl (C=O) groups is 1. The lowest BCUT2D eigenvalue weighted by atomic mass is 10.2. The number of rotatable bonds is 6. The summed E-state index contributed by atoms with van der Waals surface area (Å²) in [7, 11) is 0. The topological polar surface area (TPSA) is 90.0 Å². The Labute approximate surface area is 153 Å². The fraction of sp³-hybridized carbons (Fsp3) is 0.235. The Balaban J connectivity index is 1.32. The molecule has 132 valence electrons. The minimum atomic E-state index is -0.0803. The first-order valence-electron chi connectivity index (χ1n) is 8.24. The van der Waals surface area contributed by atoms with Crippen LogP contribution in [-0.2, 0) is 6.42 Å². The fourth-order valence-corrected chi connectivity index (χ4v) is 3.58. The van der Waals surface area contributed by atoms with E-state index in [9.17, 15) is 4.79 Å². The second-order valence-corrected chi connectivity index (χ2v) is 6.81. The Bertz CT molecular complexity index is 1030. The molecule has 0 aliphatic carbocycles. The maximum Gasteiger partial charge on any atom is 0.263 e. The van der Waals surface area contributed by atoms with Gasteiger partial charge in [0.25, 0.3) is 11.7 Å². The number of nitrogens with one attached hydrogen (secondary N) is 1. The smallest absolute Gasteiger partial charge is 0.263 e. The van der Waals surface area contributed by atoms with Crippen LogP contribution in [-0.4, -0.2) is 41.6 Å². The third-order valence-corrected chi connectivity index (χ3v) is 5.10. The van der Waals surface area contributed by atoms with E-state index < -0.39 is 0 Å². The van der Waals surface area contributed by atoms with E-state index >= 15 is 0 Å². The fourth-order valence-electron chi connectivity index (χ4n) is 2.63. The number of fused-ring (bicyclic) bond motifs is 1. The third kappa shape index (κ3) is 3.33. The van der Waals surface area contributed by atoms with Gasteiger partial charge in [0.05, 0.1) is 5.69 Å². The summed E-state index contributed by atoms with van der Waals surface area (Å²) in [4.78, 5) is 25.8. The second kappa shape index (κ2) is 7.04. The van der Waals surface area contributed by atoms with Gasteiger partial charge in [-0.25, -0.2) is 14.5 Å². The Morgan fingerprint density at radius 2 is 2.12 bits per heavy atom. The Kier molecular flexibility index (Phi) is 4.44. The lowest BCUT2D eigenvalue weighted by Gasteiger charge is -2.04. The summed E-state index contributed by atoms with van der Waals surface area (Å²) in [5.74, 6) is 0.504. The Hall–Kier alpha value is -3.07. The molecule has 4 aromatic heterocycles. The molecule has 8 nitrogen and oxygen atoms in total. The zero-order chi connectivity index (χ0) is 17.9. The maximum atomic E-state index is 12.4. The standard InChI is InChI=1S/C17H17N7OS/c1-12-14(26-17(22-12)23-7-2-3-8-23)15(25)18-6-4-5-13-9-19-16-20-11-21-24(16)10-13/h2-3,7-11H,4-6H2,1H3,(H,18,25). The van der Waals surface area contributed by atoms with Crippen LogP contribution in [0.1, 0.15) is 27.3 Å². The first-order chi connectivity index (χ1) is 12.7. The van der Waals surface area contributed by atoms with Gasteiger partial charge in [0.1, 0.15) is 11.2 Å². The van der Waals surface area contributed by atoms with Crippen LogP contribution in [0.4, 0.5) is 0 Å². The highest BCUT2D eigenvalue weighted by atomic mass is 32.1. The minimum absolute atomic E-state index is 0.0803. The van der Waals surface area contributed by atoms with Crippen molar-refractivity contribution in [2.24, 2.45) is 0 Å². The van der Waals surface area contributed by atoms with Crippen LogP contribution >= 0.6 is 11.3 Å². The molecule has 1 amide bonds. The van der Waals surface area contributed by atoms with Gasteiger partial charge in [-0.05, 0) is 37.5 Å². The average molecular weight is 367 g/mol. The molecule has 1 N–H and O–H groups in total. The molecule has 0 aliphatic rings. The summed E-state index contributed by atoms with van der Waals surface area (Å²) in [6, 6.07) is 3.87. The van der Waals surface area contributed by atoms with Gasteiger partial charge < -0.3 is 9.88 Å². The van der Waals surface area contributed by atoms with E-state index in [1.54, 1.807) is 10.7 Å². The van der Waals surface area contributed by atoms with Gasteiger partial charge in [0.2, 0.25) is 0 Å². The summed E-state index contributed by atoms with van der Waals surface area (Å²) in [6.07, 6.45) is 10.6. The summed E-state index contributed by atoms with van der Waals surface area (Å²) in [5.41, 5.74) is 1.80. The summed E-state index contributed by atoms with van der Waals surface area (Å²) < 4.78 is 3.55. The monoisotopic (exact) mass is 367 g/mol. The molecule has 0 bridgehead atoms. The third-order valence-electron chi connectivity index (χ3n) is 3.93. The van der Waals surface area contributed by atoms with Gasteiger partial charge in [-0.1, -0.05) is 11.3 Å². The molecule has 0 aromatic carbocycles. The molecule has 9 heteroatoms. The molecule has 0 fully saturated rings. The zero-order valence-corrected chi connectivity index (χ0v) is 15.0. The normalized spacial score (nSPS) is 11.1. The van der Waals surface area contributed by atoms with Crippen molar-refractivity contribution >= 4 is 23.0 Å². The van der Waals surface area contributed by atoms with E-state index in [1.165, 1.54) is 17.7 Å². The van der Waals surface area contributed by atoms with E-state index in [2.05, 4.69) is 25.4 Å². The molecule has 4 aromatic rings. The van der Waals surface area contributed by atoms with Crippen LogP contribution in [0.2, 0.25) is 0 Å². The van der Waals surface area contributed by atoms with Crippen LogP contribution in [0, 0.1) is 6.92 Å². The van der Waals surface area contributed by atoms with Gasteiger partial charge in [-0.2, -0.15) is 10.1 Å². The maximum absolute atomic E-state index is 12.4. The lowest BCUT2D eigenvalue weighted by molar-refractivity contribution is 0.0956. The van der Waals surface area contributed by atoms with E-state index in [4.69, 9.17) is 0 Å². The number of nitrogens with zero attached hydrogens (tertiary/aromatic N) is 6. The van der Waals surface area contributed by atoms with Crippen molar-refractivity contribution in [2.45, 2.75) is 19.8 Å². The molecule has 0 saturated heterocycles. The van der Waals surface area contributed by atoms with Gasteiger partial charge in [-0.3, -0.25) is 4.79 Å². The number of thiazole rings is 1. The molecule has 0 spiro atoms. The molecule has 4 rings (SSSR count). The van der Waals surface area contributed by atoms with Gasteiger partial charge in [-0.15, -0.1) is 0 Å². The van der Waals surface area contributed by atoms with E-state index in [1.807, 2.05) is 42.2 Å². The number of carbonyl (C=O) groups excluding carboxylic acids is 1. The van der Waals surface area contributed by atoms with E-state index in [-0.39, 0.29) is 5.91 Å². The Morgan fingerprint density at radius 1 is 1.27 bits per heavy atom.